The summed E-state index contributed by atoms with van der Waals surface area (Å²) >= 11 is 0. The Kier molecular flexibility index (Phi) is 19.0. The minimum Gasteiger partial charge on any atom is -0.675 e. The van der Waals surface area contributed by atoms with Crippen LogP contribution < -0.4 is 5.19 Å². The van der Waals surface area contributed by atoms with Crippen LogP contribution in [0, 0.1) is 19.4 Å². The second-order valence-electron chi connectivity index (χ2n) is 9.35. The molecule has 2 aliphatic carbocycles. The van der Waals surface area contributed by atoms with Gasteiger partial charge in [0, 0.05) is 10.2 Å². The van der Waals surface area contributed by atoms with Crippen LogP contribution in [0.2, 0.25) is 0 Å². The minimum atomic E-state index is 0. The van der Waals surface area contributed by atoms with Gasteiger partial charge in [0.05, 0.1) is 0 Å². The largest absolute Gasteiger partial charge is 3.00 e. The van der Waals surface area contributed by atoms with Crippen LogP contribution in [0.25, 0.3) is 16.9 Å². The Balaban J connectivity index is 0.000000471. The van der Waals surface area contributed by atoms with Crippen molar-refractivity contribution in [1.82, 2.24) is 0 Å². The van der Waals surface area contributed by atoms with E-state index in [2.05, 4.69) is 94.4 Å². The van der Waals surface area contributed by atoms with Gasteiger partial charge in [-0.2, -0.15) is 11.1 Å². The summed E-state index contributed by atoms with van der Waals surface area (Å²) in [6.07, 6.45) is 9.63. The van der Waals surface area contributed by atoms with Gasteiger partial charge in [0.15, 0.2) is 0 Å². The average Bonchev–Trinajstić information content (AvgIpc) is 3.12. The molecule has 1 unspecified atom stereocenters. The summed E-state index contributed by atoms with van der Waals surface area (Å²) in [6.45, 7) is 8.67. The summed E-state index contributed by atoms with van der Waals surface area (Å²) in [5, 5.41) is 1.35. The molecule has 2 aliphatic rings. The van der Waals surface area contributed by atoms with E-state index < -0.39 is 0 Å². The molecule has 37 heavy (non-hydrogen) atoms. The molecule has 3 aromatic carbocycles. The fourth-order valence-corrected chi connectivity index (χ4v) is 4.28. The molecule has 5 rings (SSSR count). The van der Waals surface area contributed by atoms with Crippen molar-refractivity contribution in [2.45, 2.75) is 65.8 Å². The van der Waals surface area contributed by atoms with Crippen LogP contribution in [-0.4, -0.2) is 16.3 Å². The predicted molar refractivity (Wildman–Crippen MR) is 164 cm³/mol. The zero-order valence-corrected chi connectivity index (χ0v) is 26.5. The molecular formula is C34H45NSiTi. The number of benzene rings is 3. The van der Waals surface area contributed by atoms with Gasteiger partial charge in [0.2, 0.25) is 0 Å². The molecule has 0 aliphatic heterocycles. The van der Waals surface area contributed by atoms with E-state index in [1.54, 1.807) is 0 Å². The van der Waals surface area contributed by atoms with Gasteiger partial charge in [-0.05, 0) is 11.1 Å². The van der Waals surface area contributed by atoms with Gasteiger partial charge in [-0.3, -0.25) is 6.08 Å². The van der Waals surface area contributed by atoms with E-state index in [1.165, 1.54) is 52.3 Å². The first kappa shape index (κ1) is 35.0. The van der Waals surface area contributed by atoms with Crippen LogP contribution in [0.15, 0.2) is 108 Å². The summed E-state index contributed by atoms with van der Waals surface area (Å²) < 4.78 is 0. The molecule has 0 aromatic heterocycles. The monoisotopic (exact) mass is 543 g/mol. The van der Waals surface area contributed by atoms with Crippen molar-refractivity contribution in [3.05, 3.63) is 127 Å². The summed E-state index contributed by atoms with van der Waals surface area (Å²) in [5.41, 5.74) is 14.1. The van der Waals surface area contributed by atoms with Crippen molar-refractivity contribution >= 4 is 15.4 Å². The SMILES string of the molecule is CC1=[C-]C(C)C(C)=C1C.[CH3-].[NH-]C1CCCCC1.[SiH2]c1ccccc1.[Ti+3].c1ccc(-c2ccccc2)cc1. The van der Waals surface area contributed by atoms with E-state index in [0.717, 1.165) is 12.8 Å². The third-order valence-corrected chi connectivity index (χ3v) is 7.04. The predicted octanol–water partition coefficient (Wildman–Crippen LogP) is 8.84. The standard InChI is InChI=1S/C12H10.C9H13.C6H12N.C6H7Si.CH3.Ti/c1-3-7-11(8-4-1)12-9-5-2-6-10-12;1-6-5-7(2)9(4)8(6)3;2*7-6-4-2-1-3-5-6;;/h1-10H;6H,1-4H3;6-7H,1-5H2;1-5H,7H2;1H3;/q;2*-1;;-1;+3. The Morgan fingerprint density at radius 2 is 1.11 bits per heavy atom. The van der Waals surface area contributed by atoms with Gasteiger partial charge in [0.1, 0.15) is 0 Å². The fraction of sp³-hybridized carbons (Fsp3) is 0.324. The Morgan fingerprint density at radius 1 is 0.703 bits per heavy atom. The Hall–Kier alpha value is -1.97. The third kappa shape index (κ3) is 13.9. The van der Waals surface area contributed by atoms with Crippen molar-refractivity contribution in [1.29, 1.82) is 0 Å². The molecule has 0 saturated heterocycles. The number of hydrogen-bond donors (Lipinski definition) is 0. The van der Waals surface area contributed by atoms with Gasteiger partial charge >= 0.3 is 21.7 Å². The van der Waals surface area contributed by atoms with Crippen molar-refractivity contribution in [3.63, 3.8) is 0 Å². The second-order valence-corrected chi connectivity index (χ2v) is 10.2. The van der Waals surface area contributed by atoms with Crippen molar-refractivity contribution in [3.8, 4) is 11.1 Å². The zero-order chi connectivity index (χ0) is 25.5. The van der Waals surface area contributed by atoms with E-state index in [9.17, 15) is 0 Å². The van der Waals surface area contributed by atoms with Gasteiger partial charge in [0.25, 0.3) is 0 Å². The molecule has 3 heteroatoms. The summed E-state index contributed by atoms with van der Waals surface area (Å²) in [7, 11) is 1.90. The summed E-state index contributed by atoms with van der Waals surface area (Å²) in [5.74, 6) is 0.560. The van der Waals surface area contributed by atoms with Gasteiger partial charge in [-0.25, -0.2) is 5.57 Å². The Morgan fingerprint density at radius 3 is 1.32 bits per heavy atom. The van der Waals surface area contributed by atoms with E-state index in [0.29, 0.717) is 5.92 Å². The first-order valence-electron chi connectivity index (χ1n) is 12.8. The second kappa shape index (κ2) is 20.1. The smallest absolute Gasteiger partial charge is 0.675 e. The third-order valence-electron chi connectivity index (χ3n) is 6.57. The summed E-state index contributed by atoms with van der Waals surface area (Å²) in [6, 6.07) is 31.4. The molecule has 1 nitrogen and oxygen atoms in total. The van der Waals surface area contributed by atoms with Gasteiger partial charge in [-0.1, -0.05) is 155 Å². The molecule has 1 N–H and O–H groups in total. The maximum Gasteiger partial charge on any atom is 3.00 e. The van der Waals surface area contributed by atoms with Crippen molar-refractivity contribution < 1.29 is 21.7 Å². The molecular weight excluding hydrogens is 498 g/mol. The van der Waals surface area contributed by atoms with Crippen molar-refractivity contribution in [2.75, 3.05) is 0 Å². The van der Waals surface area contributed by atoms with E-state index in [-0.39, 0.29) is 35.2 Å². The van der Waals surface area contributed by atoms with Crippen LogP contribution in [-0.2, 0) is 21.7 Å². The average molecular weight is 544 g/mol. The Bertz CT molecular complexity index is 986. The van der Waals surface area contributed by atoms with E-state index in [4.69, 9.17) is 5.73 Å². The molecule has 2 radical (unpaired) electrons. The number of nitrogens with one attached hydrogen (secondary N) is 1. The number of allylic oxidation sites excluding steroid dienone is 4. The van der Waals surface area contributed by atoms with E-state index >= 15 is 0 Å². The van der Waals surface area contributed by atoms with Crippen LogP contribution >= 0.6 is 0 Å². The maximum absolute atomic E-state index is 7.27. The molecule has 0 amide bonds. The topological polar surface area (TPSA) is 23.8 Å². The summed E-state index contributed by atoms with van der Waals surface area (Å²) in [4.78, 5) is 0. The van der Waals surface area contributed by atoms with Crippen LogP contribution in [0.3, 0.4) is 0 Å². The van der Waals surface area contributed by atoms with Crippen molar-refractivity contribution in [2.24, 2.45) is 5.92 Å². The number of rotatable bonds is 1. The first-order valence-corrected chi connectivity index (χ1v) is 13.6. The molecule has 1 atom stereocenters. The number of hydrogen-bond acceptors (Lipinski definition) is 0. The van der Waals surface area contributed by atoms with Gasteiger partial charge < -0.3 is 13.2 Å². The van der Waals surface area contributed by atoms with Crippen LogP contribution in [0.5, 0.6) is 0 Å². The molecule has 1 saturated carbocycles. The quantitative estimate of drug-likeness (QED) is 0.216. The Labute approximate surface area is 246 Å². The molecule has 0 bridgehead atoms. The van der Waals surface area contributed by atoms with Crippen LogP contribution in [0.4, 0.5) is 0 Å². The fourth-order valence-electron chi connectivity index (χ4n) is 4.00. The zero-order valence-electron chi connectivity index (χ0n) is 23.6. The molecule has 3 aromatic rings. The minimum absolute atomic E-state index is 0. The van der Waals surface area contributed by atoms with Crippen LogP contribution in [0.1, 0.15) is 59.8 Å². The molecule has 0 spiro atoms. The maximum atomic E-state index is 7.27. The normalized spacial score (nSPS) is 16.2. The van der Waals surface area contributed by atoms with Gasteiger partial charge in [-0.15, -0.1) is 13.0 Å². The molecule has 1 fully saturated rings. The molecule has 0 heterocycles. The van der Waals surface area contributed by atoms with E-state index in [1.807, 2.05) is 40.6 Å². The molecule has 194 valence electrons. The first-order chi connectivity index (χ1) is 16.9.